The predicted octanol–water partition coefficient (Wildman–Crippen LogP) is 0.868. The van der Waals surface area contributed by atoms with Crippen LogP contribution in [-0.4, -0.2) is 59.5 Å². The second-order valence-electron chi connectivity index (χ2n) is 6.02. The molecule has 2 aliphatic heterocycles. The summed E-state index contributed by atoms with van der Waals surface area (Å²) in [7, 11) is 0. The van der Waals surface area contributed by atoms with Gasteiger partial charge in [-0.25, -0.2) is 0 Å². The molecule has 114 valence electrons. The normalized spacial score (nSPS) is 23.4. The van der Waals surface area contributed by atoms with Gasteiger partial charge in [0.15, 0.2) is 0 Å². The summed E-state index contributed by atoms with van der Waals surface area (Å²) in [5.41, 5.74) is 1.24. The molecule has 21 heavy (non-hydrogen) atoms. The Balaban J connectivity index is 1.43. The molecular formula is C16H24N4O. The minimum absolute atomic E-state index is 0.315. The summed E-state index contributed by atoms with van der Waals surface area (Å²) in [5.74, 6) is 0.315. The average molecular weight is 288 g/mol. The summed E-state index contributed by atoms with van der Waals surface area (Å²) in [6.07, 6.45) is 6.74. The fourth-order valence-electron chi connectivity index (χ4n) is 3.18. The van der Waals surface area contributed by atoms with E-state index >= 15 is 0 Å². The summed E-state index contributed by atoms with van der Waals surface area (Å²) in [6, 6.07) is 4.49. The van der Waals surface area contributed by atoms with E-state index < -0.39 is 0 Å². The van der Waals surface area contributed by atoms with Crippen LogP contribution in [0.25, 0.3) is 0 Å². The minimum Gasteiger partial charge on any atom is -0.340 e. The van der Waals surface area contributed by atoms with Crippen LogP contribution in [0, 0.1) is 0 Å². The number of amides is 1. The van der Waals surface area contributed by atoms with Gasteiger partial charge in [0.1, 0.15) is 0 Å². The highest BCUT2D eigenvalue weighted by molar-refractivity contribution is 5.77. The first-order valence-corrected chi connectivity index (χ1v) is 7.94. The molecular weight excluding hydrogens is 264 g/mol. The highest BCUT2D eigenvalue weighted by atomic mass is 16.2. The van der Waals surface area contributed by atoms with Crippen LogP contribution in [0.5, 0.6) is 0 Å². The van der Waals surface area contributed by atoms with Gasteiger partial charge in [0, 0.05) is 57.6 Å². The zero-order chi connectivity index (χ0) is 14.5. The van der Waals surface area contributed by atoms with Gasteiger partial charge in [0.2, 0.25) is 5.91 Å². The zero-order valence-corrected chi connectivity index (χ0v) is 12.5. The maximum absolute atomic E-state index is 12.3. The summed E-state index contributed by atoms with van der Waals surface area (Å²) in [6.45, 7) is 5.62. The first-order chi connectivity index (χ1) is 10.3. The molecule has 0 saturated carbocycles. The van der Waals surface area contributed by atoms with Gasteiger partial charge in [0.05, 0.1) is 0 Å². The molecule has 1 unspecified atom stereocenters. The Morgan fingerprint density at radius 3 is 2.86 bits per heavy atom. The van der Waals surface area contributed by atoms with E-state index in [1.54, 1.807) is 6.20 Å². The lowest BCUT2D eigenvalue weighted by Gasteiger charge is -2.35. The van der Waals surface area contributed by atoms with Crippen LogP contribution < -0.4 is 5.32 Å². The van der Waals surface area contributed by atoms with Crippen LogP contribution in [0.2, 0.25) is 0 Å². The third-order valence-corrected chi connectivity index (χ3v) is 4.44. The molecule has 5 heteroatoms. The SMILES string of the molecule is O=C(CC1CCCN1)N1CCN(Cc2cccnc2)CC1. The quantitative estimate of drug-likeness (QED) is 0.893. The molecule has 0 bridgehead atoms. The Hall–Kier alpha value is -1.46. The van der Waals surface area contributed by atoms with Gasteiger partial charge in [0.25, 0.3) is 0 Å². The lowest BCUT2D eigenvalue weighted by atomic mass is 10.1. The largest absolute Gasteiger partial charge is 0.340 e. The first kappa shape index (κ1) is 14.5. The average Bonchev–Trinajstić information content (AvgIpc) is 3.02. The van der Waals surface area contributed by atoms with Crippen LogP contribution in [0.3, 0.4) is 0 Å². The number of nitrogens with zero attached hydrogens (tertiary/aromatic N) is 3. The van der Waals surface area contributed by atoms with Gasteiger partial charge in [-0.2, -0.15) is 0 Å². The molecule has 1 amide bonds. The Bertz CT molecular complexity index is 451. The monoisotopic (exact) mass is 288 g/mol. The van der Waals surface area contributed by atoms with Crippen molar-refractivity contribution in [2.75, 3.05) is 32.7 Å². The third-order valence-electron chi connectivity index (χ3n) is 4.44. The van der Waals surface area contributed by atoms with Gasteiger partial charge in [-0.1, -0.05) is 6.07 Å². The van der Waals surface area contributed by atoms with E-state index in [0.717, 1.165) is 45.7 Å². The second-order valence-corrected chi connectivity index (χ2v) is 6.02. The van der Waals surface area contributed by atoms with Crippen molar-refractivity contribution in [3.63, 3.8) is 0 Å². The molecule has 2 saturated heterocycles. The molecule has 2 aliphatic rings. The Labute approximate surface area is 126 Å². The van der Waals surface area contributed by atoms with Crippen LogP contribution in [0.1, 0.15) is 24.8 Å². The number of hydrogen-bond donors (Lipinski definition) is 1. The number of piperazine rings is 1. The van der Waals surface area contributed by atoms with E-state index in [2.05, 4.69) is 21.3 Å². The highest BCUT2D eigenvalue weighted by Gasteiger charge is 2.24. The maximum Gasteiger partial charge on any atom is 0.224 e. The van der Waals surface area contributed by atoms with E-state index in [-0.39, 0.29) is 0 Å². The molecule has 1 aromatic heterocycles. The maximum atomic E-state index is 12.3. The molecule has 1 N–H and O–H groups in total. The summed E-state index contributed by atoms with van der Waals surface area (Å²) in [5, 5.41) is 3.40. The fourth-order valence-corrected chi connectivity index (χ4v) is 3.18. The molecule has 0 aromatic carbocycles. The number of nitrogens with one attached hydrogen (secondary N) is 1. The van der Waals surface area contributed by atoms with E-state index in [1.165, 1.54) is 12.0 Å². The lowest BCUT2D eigenvalue weighted by Crippen LogP contribution is -2.49. The first-order valence-electron chi connectivity index (χ1n) is 7.94. The second kappa shape index (κ2) is 7.00. The van der Waals surface area contributed by atoms with Crippen molar-refractivity contribution in [2.24, 2.45) is 0 Å². The van der Waals surface area contributed by atoms with Crippen molar-refractivity contribution >= 4 is 5.91 Å². The van der Waals surface area contributed by atoms with E-state index in [1.807, 2.05) is 17.2 Å². The van der Waals surface area contributed by atoms with Crippen LogP contribution in [0.15, 0.2) is 24.5 Å². The Morgan fingerprint density at radius 2 is 2.19 bits per heavy atom. The van der Waals surface area contributed by atoms with Crippen LogP contribution in [-0.2, 0) is 11.3 Å². The van der Waals surface area contributed by atoms with Crippen molar-refractivity contribution < 1.29 is 4.79 Å². The molecule has 0 radical (unpaired) electrons. The van der Waals surface area contributed by atoms with Crippen LogP contribution >= 0.6 is 0 Å². The molecule has 5 nitrogen and oxygen atoms in total. The lowest BCUT2D eigenvalue weighted by molar-refractivity contribution is -0.133. The topological polar surface area (TPSA) is 48.5 Å². The summed E-state index contributed by atoms with van der Waals surface area (Å²) >= 11 is 0. The molecule has 2 fully saturated rings. The van der Waals surface area contributed by atoms with Crippen molar-refractivity contribution in [3.05, 3.63) is 30.1 Å². The third kappa shape index (κ3) is 4.02. The fraction of sp³-hybridized carbons (Fsp3) is 0.625. The highest BCUT2D eigenvalue weighted by Crippen LogP contribution is 2.13. The van der Waals surface area contributed by atoms with E-state index in [0.29, 0.717) is 18.4 Å². The number of pyridine rings is 1. The van der Waals surface area contributed by atoms with Crippen molar-refractivity contribution in [3.8, 4) is 0 Å². The van der Waals surface area contributed by atoms with E-state index in [4.69, 9.17) is 0 Å². The standard InChI is InChI=1S/C16H24N4O/c21-16(11-15-4-2-6-18-15)20-9-7-19(8-10-20)13-14-3-1-5-17-12-14/h1,3,5,12,15,18H,2,4,6-11,13H2. The number of carbonyl (C=O) groups is 1. The molecule has 1 aromatic rings. The number of carbonyl (C=O) groups excluding carboxylic acids is 1. The number of hydrogen-bond acceptors (Lipinski definition) is 4. The smallest absolute Gasteiger partial charge is 0.224 e. The minimum atomic E-state index is 0.315. The number of rotatable bonds is 4. The zero-order valence-electron chi connectivity index (χ0n) is 12.5. The summed E-state index contributed by atoms with van der Waals surface area (Å²) < 4.78 is 0. The number of aromatic nitrogens is 1. The predicted molar refractivity (Wildman–Crippen MR) is 81.7 cm³/mol. The van der Waals surface area contributed by atoms with Crippen molar-refractivity contribution in [2.45, 2.75) is 31.8 Å². The molecule has 1 atom stereocenters. The summed E-state index contributed by atoms with van der Waals surface area (Å²) in [4.78, 5) is 20.9. The van der Waals surface area contributed by atoms with Gasteiger partial charge < -0.3 is 10.2 Å². The van der Waals surface area contributed by atoms with Gasteiger partial charge in [-0.15, -0.1) is 0 Å². The van der Waals surface area contributed by atoms with Crippen LogP contribution in [0.4, 0.5) is 0 Å². The van der Waals surface area contributed by atoms with Crippen molar-refractivity contribution in [1.82, 2.24) is 20.1 Å². The van der Waals surface area contributed by atoms with Crippen molar-refractivity contribution in [1.29, 1.82) is 0 Å². The molecule has 3 rings (SSSR count). The molecule has 0 spiro atoms. The van der Waals surface area contributed by atoms with Gasteiger partial charge in [-0.05, 0) is 31.0 Å². The Morgan fingerprint density at radius 1 is 1.33 bits per heavy atom. The molecule has 3 heterocycles. The molecule has 0 aliphatic carbocycles. The van der Waals surface area contributed by atoms with E-state index in [9.17, 15) is 4.79 Å². The van der Waals surface area contributed by atoms with Gasteiger partial charge in [-0.3, -0.25) is 14.7 Å². The Kier molecular flexibility index (Phi) is 4.83. The van der Waals surface area contributed by atoms with Gasteiger partial charge >= 0.3 is 0 Å².